The highest BCUT2D eigenvalue weighted by Gasteiger charge is 2.16. The van der Waals surface area contributed by atoms with Gasteiger partial charge in [-0.1, -0.05) is 39.3 Å². The quantitative estimate of drug-likeness (QED) is 0.569. The van der Waals surface area contributed by atoms with Crippen molar-refractivity contribution in [3.63, 3.8) is 0 Å². The molecule has 25 heavy (non-hydrogen) atoms. The molecule has 0 saturated carbocycles. The van der Waals surface area contributed by atoms with Crippen LogP contribution in [-0.2, 0) is 16.1 Å². The summed E-state index contributed by atoms with van der Waals surface area (Å²) >= 11 is 19.2. The largest absolute Gasteiger partial charge is 0.478 e. The highest BCUT2D eigenvalue weighted by atomic mass is 35.5. The summed E-state index contributed by atoms with van der Waals surface area (Å²) in [7, 11) is 0. The third-order valence-corrected chi connectivity index (χ3v) is 4.77. The van der Waals surface area contributed by atoms with Crippen LogP contribution in [0.15, 0.2) is 18.2 Å². The van der Waals surface area contributed by atoms with E-state index in [2.05, 4.69) is 14.6 Å². The molecule has 10 heteroatoms. The van der Waals surface area contributed by atoms with E-state index >= 15 is 0 Å². The van der Waals surface area contributed by atoms with Crippen molar-refractivity contribution in [3.05, 3.63) is 44.0 Å². The number of aryl methyl sites for hydroxylation is 1. The molecule has 0 radical (unpaired) electrons. The molecule has 0 N–H and O–H groups in total. The number of halogens is 3. The lowest BCUT2D eigenvalue weighted by Gasteiger charge is -2.12. The first-order valence-corrected chi connectivity index (χ1v) is 8.87. The van der Waals surface area contributed by atoms with Crippen LogP contribution in [0.4, 0.5) is 0 Å². The molecular formula is C15H10Cl3N3O3S. The number of hydrogen-bond donors (Lipinski definition) is 0. The molecule has 0 aliphatic carbocycles. The van der Waals surface area contributed by atoms with Crippen LogP contribution < -0.4 is 4.74 Å². The van der Waals surface area contributed by atoms with Gasteiger partial charge in [0.15, 0.2) is 12.4 Å². The maximum absolute atomic E-state index is 11.9. The molecule has 0 atom stereocenters. The number of benzene rings is 1. The van der Waals surface area contributed by atoms with Crippen LogP contribution in [0.2, 0.25) is 14.4 Å². The second-order valence-electron chi connectivity index (χ2n) is 4.96. The summed E-state index contributed by atoms with van der Waals surface area (Å²) in [5.74, 6) is -0.328. The van der Waals surface area contributed by atoms with Crippen molar-refractivity contribution < 1.29 is 14.3 Å². The molecule has 0 aliphatic heterocycles. The summed E-state index contributed by atoms with van der Waals surface area (Å²) in [6, 6.07) is 5.19. The van der Waals surface area contributed by atoms with Crippen LogP contribution in [0.25, 0.3) is 10.9 Å². The van der Waals surface area contributed by atoms with E-state index in [1.165, 1.54) is 0 Å². The Bertz CT molecular complexity index is 948. The number of rotatable bonds is 5. The Kier molecular flexibility index (Phi) is 5.58. The van der Waals surface area contributed by atoms with E-state index in [1.54, 1.807) is 6.07 Å². The number of hydrogen-bond acceptors (Lipinski definition) is 7. The first kappa shape index (κ1) is 18.1. The molecule has 6 nitrogen and oxygen atoms in total. The van der Waals surface area contributed by atoms with Crippen LogP contribution in [0.5, 0.6) is 5.75 Å². The summed E-state index contributed by atoms with van der Waals surface area (Å²) in [6.45, 7) is 1.41. The lowest BCUT2D eigenvalue weighted by molar-refractivity contribution is -0.147. The van der Waals surface area contributed by atoms with Crippen molar-refractivity contribution >= 4 is 63.2 Å². The second-order valence-corrected chi connectivity index (χ2v) is 7.13. The van der Waals surface area contributed by atoms with E-state index in [-0.39, 0.29) is 24.0 Å². The highest BCUT2D eigenvalue weighted by Crippen LogP contribution is 2.37. The van der Waals surface area contributed by atoms with Crippen molar-refractivity contribution in [2.24, 2.45) is 0 Å². The van der Waals surface area contributed by atoms with Crippen LogP contribution >= 0.6 is 46.3 Å². The van der Waals surface area contributed by atoms with Crippen LogP contribution in [0.1, 0.15) is 11.4 Å². The van der Waals surface area contributed by atoms with Gasteiger partial charge in [-0.15, -0.1) is 5.10 Å². The molecule has 3 rings (SSSR count). The fourth-order valence-electron chi connectivity index (χ4n) is 2.03. The van der Waals surface area contributed by atoms with Gasteiger partial charge in [0.05, 0.1) is 10.0 Å². The lowest BCUT2D eigenvalue weighted by Crippen LogP contribution is -2.15. The number of fused-ring (bicyclic) bond motifs is 1. The minimum absolute atomic E-state index is 0.0794. The highest BCUT2D eigenvalue weighted by molar-refractivity contribution is 7.10. The summed E-state index contributed by atoms with van der Waals surface area (Å²) in [6.07, 6.45) is 0. The number of ether oxygens (including phenoxy) is 2. The Morgan fingerprint density at radius 3 is 2.76 bits per heavy atom. The lowest BCUT2D eigenvalue weighted by atomic mass is 10.2. The molecule has 0 saturated heterocycles. The molecule has 1 aromatic carbocycles. The molecule has 3 aromatic rings. The standard InChI is InChI=1S/C15H10Cl3N3O3S/c1-7-2-3-8-9(16)4-10(17)14(13(8)19-7)24-6-12(22)23-5-11-15(18)25-21-20-11/h2-4H,5-6H2,1H3. The molecule has 0 bridgehead atoms. The van der Waals surface area contributed by atoms with Gasteiger partial charge in [0.1, 0.15) is 22.2 Å². The molecule has 130 valence electrons. The van der Waals surface area contributed by atoms with Crippen LogP contribution in [-0.4, -0.2) is 27.1 Å². The zero-order valence-electron chi connectivity index (χ0n) is 12.8. The number of carbonyl (C=O) groups excluding carboxylic acids is 1. The maximum atomic E-state index is 11.9. The van der Waals surface area contributed by atoms with Gasteiger partial charge in [0, 0.05) is 22.6 Å². The molecule has 0 fully saturated rings. The Labute approximate surface area is 161 Å². The molecule has 0 unspecified atom stereocenters. The zero-order valence-corrected chi connectivity index (χ0v) is 15.8. The molecule has 2 heterocycles. The molecular weight excluding hydrogens is 409 g/mol. The first-order valence-electron chi connectivity index (χ1n) is 6.96. The van der Waals surface area contributed by atoms with Gasteiger partial charge in [-0.3, -0.25) is 0 Å². The molecule has 0 aliphatic rings. The normalized spacial score (nSPS) is 10.9. The van der Waals surface area contributed by atoms with E-state index in [4.69, 9.17) is 44.3 Å². The van der Waals surface area contributed by atoms with Crippen molar-refractivity contribution in [2.75, 3.05) is 6.61 Å². The van der Waals surface area contributed by atoms with Crippen molar-refractivity contribution in [1.82, 2.24) is 14.6 Å². The van der Waals surface area contributed by atoms with Crippen molar-refractivity contribution in [3.8, 4) is 5.75 Å². The summed E-state index contributed by atoms with van der Waals surface area (Å²) in [4.78, 5) is 16.3. The third-order valence-electron chi connectivity index (χ3n) is 3.19. The van der Waals surface area contributed by atoms with E-state index in [0.717, 1.165) is 17.2 Å². The maximum Gasteiger partial charge on any atom is 0.344 e. The first-order chi connectivity index (χ1) is 12.0. The topological polar surface area (TPSA) is 74.2 Å². The Morgan fingerprint density at radius 1 is 1.24 bits per heavy atom. The van der Waals surface area contributed by atoms with Gasteiger partial charge in [0.25, 0.3) is 0 Å². The van der Waals surface area contributed by atoms with Gasteiger partial charge in [-0.05, 0) is 25.1 Å². The van der Waals surface area contributed by atoms with Gasteiger partial charge in [-0.25, -0.2) is 9.78 Å². The Hall–Kier alpha value is -1.67. The SMILES string of the molecule is Cc1ccc2c(Cl)cc(Cl)c(OCC(=O)OCc3nnsc3Cl)c2n1. The summed E-state index contributed by atoms with van der Waals surface area (Å²) in [5.41, 5.74) is 1.65. The van der Waals surface area contributed by atoms with Crippen LogP contribution in [0, 0.1) is 6.92 Å². The Morgan fingerprint density at radius 2 is 2.04 bits per heavy atom. The summed E-state index contributed by atoms with van der Waals surface area (Å²) < 4.78 is 14.6. The fourth-order valence-corrected chi connectivity index (χ4v) is 3.20. The molecule has 0 amide bonds. The number of aromatic nitrogens is 3. The predicted octanol–water partition coefficient (Wildman–Crippen LogP) is 4.48. The number of carbonyl (C=O) groups is 1. The average molecular weight is 419 g/mol. The van der Waals surface area contributed by atoms with Gasteiger partial charge < -0.3 is 9.47 Å². The number of pyridine rings is 1. The fraction of sp³-hybridized carbons (Fsp3) is 0.200. The molecule has 0 spiro atoms. The predicted molar refractivity (Wildman–Crippen MR) is 96.7 cm³/mol. The second kappa shape index (κ2) is 7.70. The minimum atomic E-state index is -0.601. The number of esters is 1. The van der Waals surface area contributed by atoms with Gasteiger partial charge >= 0.3 is 5.97 Å². The van der Waals surface area contributed by atoms with Gasteiger partial charge in [0.2, 0.25) is 0 Å². The van der Waals surface area contributed by atoms with E-state index in [1.807, 2.05) is 19.1 Å². The minimum Gasteiger partial charge on any atom is -0.478 e. The van der Waals surface area contributed by atoms with Crippen molar-refractivity contribution in [1.29, 1.82) is 0 Å². The Balaban J connectivity index is 1.73. The smallest absolute Gasteiger partial charge is 0.344 e. The van der Waals surface area contributed by atoms with E-state index in [9.17, 15) is 4.79 Å². The summed E-state index contributed by atoms with van der Waals surface area (Å²) in [5, 5.41) is 5.15. The van der Waals surface area contributed by atoms with E-state index in [0.29, 0.717) is 26.0 Å². The van der Waals surface area contributed by atoms with Crippen molar-refractivity contribution in [2.45, 2.75) is 13.5 Å². The van der Waals surface area contributed by atoms with E-state index < -0.39 is 5.97 Å². The molecule has 2 aromatic heterocycles. The van der Waals surface area contributed by atoms with Gasteiger partial charge in [-0.2, -0.15) is 0 Å². The van der Waals surface area contributed by atoms with Crippen LogP contribution in [0.3, 0.4) is 0 Å². The monoisotopic (exact) mass is 417 g/mol. The average Bonchev–Trinajstić information content (AvgIpc) is 2.97. The third kappa shape index (κ3) is 4.12. The zero-order chi connectivity index (χ0) is 18.0. The number of nitrogens with zero attached hydrogens (tertiary/aromatic N) is 3.